The quantitative estimate of drug-likeness (QED) is 0.685. The second kappa shape index (κ2) is 8.62. The maximum absolute atomic E-state index is 12.4. The Kier molecular flexibility index (Phi) is 6.53. The molecular formula is C20H27N3O. The van der Waals surface area contributed by atoms with Crippen molar-refractivity contribution in [1.82, 2.24) is 5.32 Å². The highest BCUT2D eigenvalue weighted by Gasteiger charge is 2.21. The van der Waals surface area contributed by atoms with Gasteiger partial charge in [-0.25, -0.2) is 0 Å². The molecule has 1 atom stereocenters. The van der Waals surface area contributed by atoms with Crippen molar-refractivity contribution in [3.8, 4) is 11.1 Å². The fourth-order valence-electron chi connectivity index (χ4n) is 2.99. The third kappa shape index (κ3) is 4.43. The Balaban J connectivity index is 2.41. The number of hydrogen-bond donors (Lipinski definition) is 3. The minimum Gasteiger partial charge on any atom is -0.343 e. The number of nitrogens with one attached hydrogen (secondary N) is 1. The van der Waals surface area contributed by atoms with E-state index in [0.29, 0.717) is 12.5 Å². The number of benzene rings is 2. The number of rotatable bonds is 7. The van der Waals surface area contributed by atoms with Gasteiger partial charge in [-0.15, -0.1) is 0 Å². The van der Waals surface area contributed by atoms with Crippen LogP contribution in [0.25, 0.3) is 11.1 Å². The van der Waals surface area contributed by atoms with E-state index in [1.165, 1.54) is 0 Å². The second-order valence-corrected chi connectivity index (χ2v) is 6.41. The Hall–Kier alpha value is -2.17. The summed E-state index contributed by atoms with van der Waals surface area (Å²) in [7, 11) is 0. The predicted molar refractivity (Wildman–Crippen MR) is 99.2 cm³/mol. The van der Waals surface area contributed by atoms with Gasteiger partial charge in [0.1, 0.15) is 0 Å². The molecule has 5 N–H and O–H groups in total. The van der Waals surface area contributed by atoms with E-state index in [1.807, 2.05) is 30.3 Å². The summed E-state index contributed by atoms with van der Waals surface area (Å²) in [6.07, 6.45) is 0.786. The maximum Gasteiger partial charge on any atom is 0.228 e. The molecule has 2 aromatic rings. The van der Waals surface area contributed by atoms with Crippen molar-refractivity contribution in [3.63, 3.8) is 0 Å². The lowest BCUT2D eigenvalue weighted by Crippen LogP contribution is -2.34. The molecule has 4 heteroatoms. The van der Waals surface area contributed by atoms with Crippen LogP contribution in [0.4, 0.5) is 0 Å². The number of carbonyl (C=O) groups excluding carboxylic acids is 1. The Morgan fingerprint density at radius 3 is 2.50 bits per heavy atom. The van der Waals surface area contributed by atoms with Crippen LogP contribution in [0.5, 0.6) is 0 Å². The molecular weight excluding hydrogens is 298 g/mol. The van der Waals surface area contributed by atoms with Gasteiger partial charge in [0.25, 0.3) is 0 Å². The van der Waals surface area contributed by atoms with Gasteiger partial charge in [0.2, 0.25) is 5.91 Å². The second-order valence-electron chi connectivity index (χ2n) is 6.41. The van der Waals surface area contributed by atoms with Crippen molar-refractivity contribution in [1.29, 1.82) is 0 Å². The van der Waals surface area contributed by atoms with Crippen LogP contribution in [0.15, 0.2) is 48.5 Å². The first kappa shape index (κ1) is 18.2. The predicted octanol–water partition coefficient (Wildman–Crippen LogP) is 2.97. The molecule has 4 nitrogen and oxygen atoms in total. The third-order valence-corrected chi connectivity index (χ3v) is 4.14. The number of amides is 1. The van der Waals surface area contributed by atoms with Gasteiger partial charge >= 0.3 is 0 Å². The molecule has 0 aliphatic carbocycles. The summed E-state index contributed by atoms with van der Waals surface area (Å²) < 4.78 is 0. The molecule has 0 aliphatic heterocycles. The molecule has 0 fully saturated rings. The van der Waals surface area contributed by atoms with Crippen LogP contribution < -0.4 is 16.8 Å². The van der Waals surface area contributed by atoms with Gasteiger partial charge in [0, 0.05) is 6.54 Å². The SMILES string of the molecule is CC(C)C[C@@H](C(=O)NCN)c1cccc(-c2ccccc2CN)c1. The molecule has 0 aliphatic rings. The monoisotopic (exact) mass is 325 g/mol. The molecule has 1 amide bonds. The smallest absolute Gasteiger partial charge is 0.228 e. The maximum atomic E-state index is 12.4. The molecule has 24 heavy (non-hydrogen) atoms. The van der Waals surface area contributed by atoms with Crippen molar-refractivity contribution in [2.24, 2.45) is 17.4 Å². The number of nitrogens with two attached hydrogens (primary N) is 2. The van der Waals surface area contributed by atoms with Gasteiger partial charge in [-0.3, -0.25) is 4.79 Å². The summed E-state index contributed by atoms with van der Waals surface area (Å²) in [5, 5.41) is 2.75. The number of hydrogen-bond acceptors (Lipinski definition) is 3. The molecule has 0 heterocycles. The van der Waals surface area contributed by atoms with Crippen molar-refractivity contribution in [2.75, 3.05) is 6.67 Å². The summed E-state index contributed by atoms with van der Waals surface area (Å²) in [4.78, 5) is 12.4. The molecule has 0 radical (unpaired) electrons. The van der Waals surface area contributed by atoms with E-state index in [4.69, 9.17) is 11.5 Å². The van der Waals surface area contributed by atoms with Crippen LogP contribution in [-0.4, -0.2) is 12.6 Å². The molecule has 0 bridgehead atoms. The molecule has 2 aromatic carbocycles. The first-order chi connectivity index (χ1) is 11.6. The standard InChI is InChI=1S/C20H27N3O/c1-14(2)10-19(20(24)23-13-22)16-8-5-7-15(11-16)18-9-4-3-6-17(18)12-21/h3-9,11,14,19H,10,12-13,21-22H2,1-2H3,(H,23,24)/t19-/m1/s1. The summed E-state index contributed by atoms with van der Waals surface area (Å²) in [6.45, 7) is 4.89. The van der Waals surface area contributed by atoms with Crippen LogP contribution in [0.3, 0.4) is 0 Å². The molecule has 0 spiro atoms. The molecule has 0 saturated carbocycles. The van der Waals surface area contributed by atoms with Gasteiger partial charge < -0.3 is 16.8 Å². The van der Waals surface area contributed by atoms with Crippen LogP contribution in [-0.2, 0) is 11.3 Å². The summed E-state index contributed by atoms with van der Waals surface area (Å²) in [6, 6.07) is 16.3. The highest BCUT2D eigenvalue weighted by Crippen LogP contribution is 2.30. The lowest BCUT2D eigenvalue weighted by Gasteiger charge is -2.20. The fraction of sp³-hybridized carbons (Fsp3) is 0.350. The topological polar surface area (TPSA) is 81.1 Å². The van der Waals surface area contributed by atoms with Gasteiger partial charge in [0.15, 0.2) is 0 Å². The zero-order valence-corrected chi connectivity index (χ0v) is 14.5. The highest BCUT2D eigenvalue weighted by molar-refractivity contribution is 5.84. The van der Waals surface area contributed by atoms with E-state index in [0.717, 1.165) is 28.7 Å². The minimum absolute atomic E-state index is 0.0181. The number of carbonyl (C=O) groups is 1. The van der Waals surface area contributed by atoms with E-state index < -0.39 is 0 Å². The Morgan fingerprint density at radius 1 is 1.08 bits per heavy atom. The van der Waals surface area contributed by atoms with E-state index in [2.05, 4.69) is 37.4 Å². The normalized spacial score (nSPS) is 12.2. The lowest BCUT2D eigenvalue weighted by molar-refractivity contribution is -0.122. The van der Waals surface area contributed by atoms with Gasteiger partial charge in [-0.05, 0) is 34.6 Å². The largest absolute Gasteiger partial charge is 0.343 e. The fourth-order valence-corrected chi connectivity index (χ4v) is 2.99. The summed E-state index contributed by atoms with van der Waals surface area (Å²) >= 11 is 0. The average molecular weight is 325 g/mol. The van der Waals surface area contributed by atoms with Gasteiger partial charge in [-0.1, -0.05) is 62.4 Å². The van der Waals surface area contributed by atoms with E-state index >= 15 is 0 Å². The Bertz CT molecular complexity index is 682. The van der Waals surface area contributed by atoms with Crippen molar-refractivity contribution in [2.45, 2.75) is 32.7 Å². The molecule has 0 unspecified atom stereocenters. The molecule has 128 valence electrons. The van der Waals surface area contributed by atoms with E-state index in [9.17, 15) is 4.79 Å². The lowest BCUT2D eigenvalue weighted by atomic mass is 9.87. The van der Waals surface area contributed by atoms with Crippen LogP contribution in [0.2, 0.25) is 0 Å². The van der Waals surface area contributed by atoms with Gasteiger partial charge in [-0.2, -0.15) is 0 Å². The Morgan fingerprint density at radius 2 is 1.83 bits per heavy atom. The third-order valence-electron chi connectivity index (χ3n) is 4.14. The summed E-state index contributed by atoms with van der Waals surface area (Å²) in [5.74, 6) is 0.201. The zero-order chi connectivity index (χ0) is 17.5. The first-order valence-electron chi connectivity index (χ1n) is 8.42. The van der Waals surface area contributed by atoms with Gasteiger partial charge in [0.05, 0.1) is 12.6 Å². The Labute approximate surface area is 144 Å². The highest BCUT2D eigenvalue weighted by atomic mass is 16.1. The van der Waals surface area contributed by atoms with Crippen LogP contribution >= 0.6 is 0 Å². The van der Waals surface area contributed by atoms with Crippen molar-refractivity contribution >= 4 is 5.91 Å². The molecule has 2 rings (SSSR count). The first-order valence-corrected chi connectivity index (χ1v) is 8.42. The molecule has 0 aromatic heterocycles. The van der Waals surface area contributed by atoms with E-state index in [-0.39, 0.29) is 18.5 Å². The van der Waals surface area contributed by atoms with Crippen LogP contribution in [0, 0.1) is 5.92 Å². The van der Waals surface area contributed by atoms with Crippen LogP contribution in [0.1, 0.15) is 37.3 Å². The van der Waals surface area contributed by atoms with Crippen molar-refractivity contribution < 1.29 is 4.79 Å². The molecule has 0 saturated heterocycles. The summed E-state index contributed by atoms with van der Waals surface area (Å²) in [5.41, 5.74) is 15.7. The minimum atomic E-state index is -0.196. The zero-order valence-electron chi connectivity index (χ0n) is 14.5. The van der Waals surface area contributed by atoms with Crippen molar-refractivity contribution in [3.05, 3.63) is 59.7 Å². The average Bonchev–Trinajstić information content (AvgIpc) is 2.59. The van der Waals surface area contributed by atoms with E-state index in [1.54, 1.807) is 0 Å².